The third-order valence-corrected chi connectivity index (χ3v) is 3.86. The highest BCUT2D eigenvalue weighted by Crippen LogP contribution is 2.37. The zero-order valence-corrected chi connectivity index (χ0v) is 14.2. The Hall–Kier alpha value is -1.39. The van der Waals surface area contributed by atoms with Gasteiger partial charge in [0.25, 0.3) is 0 Å². The van der Waals surface area contributed by atoms with Crippen LogP contribution < -0.4 is 14.2 Å². The standard InChI is InChI=1S/C16H16BrClO3/c1-19-13-5-3-4-11(6-13)10-21-16-14(17)7-12(9-18)8-15(16)20-2/h3-8H,9-10H2,1-2H3. The van der Waals surface area contributed by atoms with Crippen LogP contribution in [-0.4, -0.2) is 14.2 Å². The van der Waals surface area contributed by atoms with E-state index in [0.717, 1.165) is 21.3 Å². The van der Waals surface area contributed by atoms with Crippen LogP contribution in [0.5, 0.6) is 17.2 Å². The zero-order valence-electron chi connectivity index (χ0n) is 11.9. The van der Waals surface area contributed by atoms with Crippen LogP contribution in [0.15, 0.2) is 40.9 Å². The first-order valence-corrected chi connectivity index (χ1v) is 7.68. The van der Waals surface area contributed by atoms with Crippen molar-refractivity contribution in [3.63, 3.8) is 0 Å². The van der Waals surface area contributed by atoms with Gasteiger partial charge in [0.2, 0.25) is 0 Å². The summed E-state index contributed by atoms with van der Waals surface area (Å²) >= 11 is 9.35. The Morgan fingerprint density at radius 3 is 2.52 bits per heavy atom. The number of alkyl halides is 1. The fourth-order valence-corrected chi connectivity index (χ4v) is 2.67. The van der Waals surface area contributed by atoms with Gasteiger partial charge in [-0.3, -0.25) is 0 Å². The molecule has 2 aromatic rings. The number of rotatable bonds is 6. The number of hydrogen-bond donors (Lipinski definition) is 0. The van der Waals surface area contributed by atoms with E-state index in [1.165, 1.54) is 0 Å². The van der Waals surface area contributed by atoms with Crippen molar-refractivity contribution in [1.82, 2.24) is 0 Å². The summed E-state index contributed by atoms with van der Waals surface area (Å²) in [6.45, 7) is 0.423. The average molecular weight is 372 g/mol. The van der Waals surface area contributed by atoms with E-state index in [-0.39, 0.29) is 0 Å². The van der Waals surface area contributed by atoms with Gasteiger partial charge in [0.15, 0.2) is 11.5 Å². The Kier molecular flexibility index (Phi) is 5.76. The van der Waals surface area contributed by atoms with Crippen LogP contribution in [0, 0.1) is 0 Å². The number of ether oxygens (including phenoxy) is 3. The highest BCUT2D eigenvalue weighted by atomic mass is 79.9. The first kappa shape index (κ1) is 16.0. The fourth-order valence-electron chi connectivity index (χ4n) is 1.91. The minimum absolute atomic E-state index is 0.422. The average Bonchev–Trinajstić information content (AvgIpc) is 2.53. The third kappa shape index (κ3) is 4.05. The molecule has 0 aliphatic rings. The second-order valence-corrected chi connectivity index (χ2v) is 5.50. The summed E-state index contributed by atoms with van der Waals surface area (Å²) in [7, 11) is 3.25. The van der Waals surface area contributed by atoms with Crippen molar-refractivity contribution in [2.45, 2.75) is 12.5 Å². The lowest BCUT2D eigenvalue weighted by atomic mass is 10.2. The molecule has 0 saturated carbocycles. The predicted octanol–water partition coefficient (Wildman–Crippen LogP) is 4.78. The van der Waals surface area contributed by atoms with Crippen LogP contribution in [0.25, 0.3) is 0 Å². The maximum Gasteiger partial charge on any atom is 0.175 e. The van der Waals surface area contributed by atoms with E-state index < -0.39 is 0 Å². The highest BCUT2D eigenvalue weighted by Gasteiger charge is 2.12. The van der Waals surface area contributed by atoms with E-state index in [2.05, 4.69) is 15.9 Å². The summed E-state index contributed by atoms with van der Waals surface area (Å²) in [4.78, 5) is 0. The molecule has 0 radical (unpaired) electrons. The van der Waals surface area contributed by atoms with Gasteiger partial charge in [0.05, 0.1) is 18.7 Å². The van der Waals surface area contributed by atoms with E-state index in [9.17, 15) is 0 Å². The minimum atomic E-state index is 0.422. The summed E-state index contributed by atoms with van der Waals surface area (Å²) in [5.74, 6) is 2.54. The van der Waals surface area contributed by atoms with Crippen molar-refractivity contribution >= 4 is 27.5 Å². The molecule has 0 N–H and O–H groups in total. The first-order valence-electron chi connectivity index (χ1n) is 6.36. The van der Waals surface area contributed by atoms with Gasteiger partial charge in [-0.25, -0.2) is 0 Å². The topological polar surface area (TPSA) is 27.7 Å². The summed E-state index contributed by atoms with van der Waals surface area (Å²) in [6.07, 6.45) is 0. The van der Waals surface area contributed by atoms with Crippen LogP contribution in [0.2, 0.25) is 0 Å². The van der Waals surface area contributed by atoms with Crippen LogP contribution >= 0.6 is 27.5 Å². The molecule has 0 atom stereocenters. The van der Waals surface area contributed by atoms with Gasteiger partial charge in [-0.2, -0.15) is 0 Å². The molecular weight excluding hydrogens is 356 g/mol. The molecule has 0 heterocycles. The van der Waals surface area contributed by atoms with Gasteiger partial charge < -0.3 is 14.2 Å². The molecule has 0 amide bonds. The van der Waals surface area contributed by atoms with Gasteiger partial charge >= 0.3 is 0 Å². The normalized spacial score (nSPS) is 10.3. The molecule has 0 spiro atoms. The van der Waals surface area contributed by atoms with E-state index in [1.54, 1.807) is 14.2 Å². The summed E-state index contributed by atoms with van der Waals surface area (Å²) in [5, 5.41) is 0. The molecule has 112 valence electrons. The molecule has 5 heteroatoms. The molecular formula is C16H16BrClO3. The quantitative estimate of drug-likeness (QED) is 0.684. The van der Waals surface area contributed by atoms with Gasteiger partial charge in [-0.15, -0.1) is 11.6 Å². The van der Waals surface area contributed by atoms with E-state index in [0.29, 0.717) is 24.0 Å². The lowest BCUT2D eigenvalue weighted by Crippen LogP contribution is -1.99. The molecule has 0 aromatic heterocycles. The van der Waals surface area contributed by atoms with Gasteiger partial charge in [0.1, 0.15) is 12.4 Å². The molecule has 0 unspecified atom stereocenters. The summed E-state index contributed by atoms with van der Waals surface area (Å²) < 4.78 is 17.3. The van der Waals surface area contributed by atoms with Crippen molar-refractivity contribution < 1.29 is 14.2 Å². The number of methoxy groups -OCH3 is 2. The van der Waals surface area contributed by atoms with Gasteiger partial charge in [0, 0.05) is 5.88 Å². The summed E-state index contributed by atoms with van der Waals surface area (Å²) in [5.41, 5.74) is 1.99. The van der Waals surface area contributed by atoms with E-state index in [4.69, 9.17) is 25.8 Å². The second-order valence-electron chi connectivity index (χ2n) is 4.38. The zero-order chi connectivity index (χ0) is 15.2. The van der Waals surface area contributed by atoms with Crippen LogP contribution in [0.3, 0.4) is 0 Å². The van der Waals surface area contributed by atoms with Crippen molar-refractivity contribution in [3.8, 4) is 17.2 Å². The van der Waals surface area contributed by atoms with Crippen molar-refractivity contribution in [2.75, 3.05) is 14.2 Å². The smallest absolute Gasteiger partial charge is 0.175 e. The minimum Gasteiger partial charge on any atom is -0.497 e. The number of benzene rings is 2. The van der Waals surface area contributed by atoms with Gasteiger partial charge in [-0.05, 0) is 51.3 Å². The van der Waals surface area contributed by atoms with Gasteiger partial charge in [-0.1, -0.05) is 12.1 Å². The second kappa shape index (κ2) is 7.57. The predicted molar refractivity (Wildman–Crippen MR) is 87.6 cm³/mol. The Bertz CT molecular complexity index is 616. The van der Waals surface area contributed by atoms with Crippen LogP contribution in [0.1, 0.15) is 11.1 Å². The van der Waals surface area contributed by atoms with Crippen molar-refractivity contribution in [1.29, 1.82) is 0 Å². The molecule has 2 rings (SSSR count). The number of hydrogen-bond acceptors (Lipinski definition) is 3. The molecule has 0 saturated heterocycles. The van der Waals surface area contributed by atoms with Crippen molar-refractivity contribution in [3.05, 3.63) is 52.0 Å². The summed E-state index contributed by atoms with van der Waals surface area (Å²) in [6, 6.07) is 11.5. The molecule has 0 fully saturated rings. The maximum atomic E-state index is 5.87. The van der Waals surface area contributed by atoms with Crippen molar-refractivity contribution in [2.24, 2.45) is 0 Å². The molecule has 0 aliphatic carbocycles. The lowest BCUT2D eigenvalue weighted by Gasteiger charge is -2.14. The van der Waals surface area contributed by atoms with Crippen LogP contribution in [-0.2, 0) is 12.5 Å². The highest BCUT2D eigenvalue weighted by molar-refractivity contribution is 9.10. The molecule has 0 bridgehead atoms. The monoisotopic (exact) mass is 370 g/mol. The Balaban J connectivity index is 2.19. The fraction of sp³-hybridized carbons (Fsp3) is 0.250. The molecule has 3 nitrogen and oxygen atoms in total. The lowest BCUT2D eigenvalue weighted by molar-refractivity contribution is 0.282. The Morgan fingerprint density at radius 1 is 1.05 bits per heavy atom. The largest absolute Gasteiger partial charge is 0.497 e. The molecule has 2 aromatic carbocycles. The molecule has 21 heavy (non-hydrogen) atoms. The third-order valence-electron chi connectivity index (χ3n) is 2.96. The number of halogens is 2. The van der Waals surface area contributed by atoms with Crippen LogP contribution in [0.4, 0.5) is 0 Å². The Morgan fingerprint density at radius 2 is 1.86 bits per heavy atom. The first-order chi connectivity index (χ1) is 10.2. The van der Waals surface area contributed by atoms with E-state index >= 15 is 0 Å². The maximum absolute atomic E-state index is 5.87. The SMILES string of the molecule is COc1cccc(COc2c(Br)cc(CCl)cc2OC)c1. The molecule has 0 aliphatic heterocycles. The Labute approximate surface area is 137 Å². The van der Waals surface area contributed by atoms with E-state index in [1.807, 2.05) is 36.4 Å².